The Hall–Kier alpha value is -2.96. The summed E-state index contributed by atoms with van der Waals surface area (Å²) in [5, 5.41) is 2.90. The number of furan rings is 1. The molecule has 1 aliphatic rings. The van der Waals surface area contributed by atoms with Gasteiger partial charge in [-0.2, -0.15) is 0 Å². The van der Waals surface area contributed by atoms with Crippen molar-refractivity contribution >= 4 is 17.5 Å². The first-order valence-corrected chi connectivity index (χ1v) is 9.43. The van der Waals surface area contributed by atoms with Gasteiger partial charge in [0, 0.05) is 43.4 Å². The molecule has 1 aromatic heterocycles. The molecule has 2 aromatic rings. The van der Waals surface area contributed by atoms with Crippen LogP contribution in [0.15, 0.2) is 41.2 Å². The van der Waals surface area contributed by atoms with Crippen molar-refractivity contribution in [2.45, 2.75) is 25.7 Å². The number of carbonyl (C=O) groups is 2. The maximum atomic E-state index is 12.5. The monoisotopic (exact) mass is 386 g/mol. The average molecular weight is 386 g/mol. The number of piperidine rings is 1. The van der Waals surface area contributed by atoms with Gasteiger partial charge in [-0.3, -0.25) is 9.59 Å². The number of carbonyl (C=O) groups excluding carboxylic acids is 2. The lowest BCUT2D eigenvalue weighted by atomic mass is 9.93. The number of methoxy groups -OCH3 is 2. The van der Waals surface area contributed by atoms with E-state index in [1.54, 1.807) is 38.5 Å². The first kappa shape index (κ1) is 19.8. The zero-order valence-electron chi connectivity index (χ0n) is 16.3. The molecule has 0 aliphatic carbocycles. The fourth-order valence-electron chi connectivity index (χ4n) is 3.49. The van der Waals surface area contributed by atoms with E-state index in [-0.39, 0.29) is 11.8 Å². The summed E-state index contributed by atoms with van der Waals surface area (Å²) in [6.07, 6.45) is 6.09. The van der Waals surface area contributed by atoms with Gasteiger partial charge in [0.2, 0.25) is 5.91 Å². The van der Waals surface area contributed by atoms with E-state index in [1.807, 2.05) is 4.90 Å². The first-order chi connectivity index (χ1) is 13.6. The predicted octanol–water partition coefficient (Wildman–Crippen LogP) is 3.57. The number of likely N-dealkylation sites (tertiary alicyclic amines) is 1. The van der Waals surface area contributed by atoms with Crippen molar-refractivity contribution in [3.63, 3.8) is 0 Å². The summed E-state index contributed by atoms with van der Waals surface area (Å²) in [6, 6.07) is 6.95. The maximum Gasteiger partial charge on any atom is 0.257 e. The molecular weight excluding hydrogens is 360 g/mol. The van der Waals surface area contributed by atoms with Crippen LogP contribution in [0, 0.1) is 5.92 Å². The van der Waals surface area contributed by atoms with E-state index in [1.165, 1.54) is 12.5 Å². The lowest BCUT2D eigenvalue weighted by Crippen LogP contribution is -2.40. The van der Waals surface area contributed by atoms with Gasteiger partial charge in [0.1, 0.15) is 17.8 Å². The van der Waals surface area contributed by atoms with Gasteiger partial charge in [0.25, 0.3) is 5.91 Å². The van der Waals surface area contributed by atoms with Crippen LogP contribution in [0.2, 0.25) is 0 Å². The summed E-state index contributed by atoms with van der Waals surface area (Å²) >= 11 is 0. The topological polar surface area (TPSA) is 81.0 Å². The number of nitrogens with zero attached hydrogens (tertiary/aromatic N) is 1. The number of anilines is 1. The molecule has 0 saturated carbocycles. The molecule has 0 radical (unpaired) electrons. The van der Waals surface area contributed by atoms with E-state index in [2.05, 4.69) is 5.32 Å². The Morgan fingerprint density at radius 1 is 1.21 bits per heavy atom. The molecule has 2 heterocycles. The lowest BCUT2D eigenvalue weighted by molar-refractivity contribution is -0.116. The van der Waals surface area contributed by atoms with E-state index in [9.17, 15) is 9.59 Å². The molecule has 28 heavy (non-hydrogen) atoms. The van der Waals surface area contributed by atoms with Crippen LogP contribution >= 0.6 is 0 Å². The summed E-state index contributed by atoms with van der Waals surface area (Å²) in [5.74, 6) is 1.49. The smallest absolute Gasteiger partial charge is 0.257 e. The molecule has 1 aliphatic heterocycles. The van der Waals surface area contributed by atoms with Crippen LogP contribution in [0.25, 0.3) is 0 Å². The van der Waals surface area contributed by atoms with Crippen LogP contribution in [0.1, 0.15) is 36.0 Å². The minimum Gasteiger partial charge on any atom is -0.497 e. The molecular formula is C21H26N2O5. The van der Waals surface area contributed by atoms with E-state index >= 15 is 0 Å². The predicted molar refractivity (Wildman–Crippen MR) is 105 cm³/mol. The van der Waals surface area contributed by atoms with Gasteiger partial charge in [0.05, 0.1) is 26.0 Å². The molecule has 1 fully saturated rings. The highest BCUT2D eigenvalue weighted by Crippen LogP contribution is 2.27. The first-order valence-electron chi connectivity index (χ1n) is 9.43. The van der Waals surface area contributed by atoms with Gasteiger partial charge in [-0.05, 0) is 31.2 Å². The summed E-state index contributed by atoms with van der Waals surface area (Å²) in [4.78, 5) is 26.7. The van der Waals surface area contributed by atoms with Crippen LogP contribution < -0.4 is 14.8 Å². The molecule has 150 valence electrons. The standard InChI is InChI=1S/C21H26N2O5/c1-26-18-10-17(11-19(12-18)27-2)22-20(24)6-5-15-4-3-8-23(13-15)21(25)16-7-9-28-14-16/h7,9-12,14-15H,3-6,8,13H2,1-2H3,(H,22,24). The minimum atomic E-state index is -0.0615. The minimum absolute atomic E-state index is 0.00798. The van der Waals surface area contributed by atoms with Crippen molar-refractivity contribution in [1.29, 1.82) is 0 Å². The summed E-state index contributed by atoms with van der Waals surface area (Å²) in [5.41, 5.74) is 1.21. The number of amides is 2. The normalized spacial score (nSPS) is 16.5. The Balaban J connectivity index is 1.51. The van der Waals surface area contributed by atoms with Crippen LogP contribution in [0.3, 0.4) is 0 Å². The molecule has 0 spiro atoms. The number of ether oxygens (including phenoxy) is 2. The number of benzene rings is 1. The third-order valence-corrected chi connectivity index (χ3v) is 4.99. The molecule has 1 aromatic carbocycles. The number of hydrogen-bond acceptors (Lipinski definition) is 5. The highest BCUT2D eigenvalue weighted by Gasteiger charge is 2.25. The molecule has 2 amide bonds. The van der Waals surface area contributed by atoms with Crippen LogP contribution in [0.4, 0.5) is 5.69 Å². The zero-order valence-corrected chi connectivity index (χ0v) is 16.3. The third kappa shape index (κ3) is 5.06. The molecule has 1 atom stereocenters. The zero-order chi connectivity index (χ0) is 19.9. The van der Waals surface area contributed by atoms with Gasteiger partial charge in [0.15, 0.2) is 0 Å². The SMILES string of the molecule is COc1cc(NC(=O)CCC2CCCN(C(=O)c3ccoc3)C2)cc(OC)c1. The molecule has 1 N–H and O–H groups in total. The van der Waals surface area contributed by atoms with Crippen LogP contribution in [-0.4, -0.2) is 44.0 Å². The Morgan fingerprint density at radius 2 is 1.96 bits per heavy atom. The van der Waals surface area contributed by atoms with Crippen molar-refractivity contribution in [1.82, 2.24) is 4.90 Å². The third-order valence-electron chi connectivity index (χ3n) is 4.99. The van der Waals surface area contributed by atoms with Crippen LogP contribution in [0.5, 0.6) is 11.5 Å². The van der Waals surface area contributed by atoms with Gasteiger partial charge < -0.3 is 24.1 Å². The molecule has 1 unspecified atom stereocenters. The van der Waals surface area contributed by atoms with Crippen molar-refractivity contribution < 1.29 is 23.5 Å². The summed E-state index contributed by atoms with van der Waals surface area (Å²) in [7, 11) is 3.14. The molecule has 1 saturated heterocycles. The van der Waals surface area contributed by atoms with Gasteiger partial charge in [-0.1, -0.05) is 0 Å². The Labute approximate surface area is 164 Å². The fourth-order valence-corrected chi connectivity index (χ4v) is 3.49. The number of rotatable bonds is 7. The Morgan fingerprint density at radius 3 is 2.61 bits per heavy atom. The molecule has 7 nitrogen and oxygen atoms in total. The van der Waals surface area contributed by atoms with Crippen molar-refractivity contribution in [2.24, 2.45) is 5.92 Å². The lowest BCUT2D eigenvalue weighted by Gasteiger charge is -2.32. The second kappa shape index (κ2) is 9.30. The molecule has 7 heteroatoms. The highest BCUT2D eigenvalue weighted by atomic mass is 16.5. The summed E-state index contributed by atoms with van der Waals surface area (Å²) < 4.78 is 15.5. The Kier molecular flexibility index (Phi) is 6.57. The van der Waals surface area contributed by atoms with Crippen LogP contribution in [-0.2, 0) is 4.79 Å². The van der Waals surface area contributed by atoms with Gasteiger partial charge in [-0.25, -0.2) is 0 Å². The van der Waals surface area contributed by atoms with E-state index in [0.717, 1.165) is 25.8 Å². The average Bonchev–Trinajstić information content (AvgIpc) is 3.26. The van der Waals surface area contributed by atoms with Crippen molar-refractivity contribution in [2.75, 3.05) is 32.6 Å². The largest absolute Gasteiger partial charge is 0.497 e. The van der Waals surface area contributed by atoms with E-state index < -0.39 is 0 Å². The molecule has 3 rings (SSSR count). The maximum absolute atomic E-state index is 12.5. The highest BCUT2D eigenvalue weighted by molar-refractivity contribution is 5.94. The fraction of sp³-hybridized carbons (Fsp3) is 0.429. The second-order valence-corrected chi connectivity index (χ2v) is 6.96. The summed E-state index contributed by atoms with van der Waals surface area (Å²) in [6.45, 7) is 1.42. The number of nitrogens with one attached hydrogen (secondary N) is 1. The van der Waals surface area contributed by atoms with Gasteiger partial charge in [-0.15, -0.1) is 0 Å². The quantitative estimate of drug-likeness (QED) is 0.787. The van der Waals surface area contributed by atoms with E-state index in [0.29, 0.717) is 41.6 Å². The Bertz CT molecular complexity index is 781. The van der Waals surface area contributed by atoms with Gasteiger partial charge >= 0.3 is 0 Å². The van der Waals surface area contributed by atoms with E-state index in [4.69, 9.17) is 13.9 Å². The number of hydrogen-bond donors (Lipinski definition) is 1. The second-order valence-electron chi connectivity index (χ2n) is 6.96. The molecule has 0 bridgehead atoms. The van der Waals surface area contributed by atoms with Crippen molar-refractivity contribution in [3.8, 4) is 11.5 Å². The van der Waals surface area contributed by atoms with Crippen molar-refractivity contribution in [3.05, 3.63) is 42.4 Å².